The Morgan fingerprint density at radius 1 is 1.11 bits per heavy atom. The molecule has 0 spiro atoms. The Morgan fingerprint density at radius 2 is 1.82 bits per heavy atom. The van der Waals surface area contributed by atoms with Crippen molar-refractivity contribution < 1.29 is 10.0 Å². The van der Waals surface area contributed by atoms with E-state index in [4.69, 9.17) is 16.8 Å². The highest BCUT2D eigenvalue weighted by molar-refractivity contribution is 6.33. The number of anilines is 2. The average molecular weight is 416 g/mol. The van der Waals surface area contributed by atoms with Crippen LogP contribution in [0.3, 0.4) is 0 Å². The maximum Gasteiger partial charge on any atom is 0.267 e. The van der Waals surface area contributed by atoms with Crippen molar-refractivity contribution in [2.45, 2.75) is 6.42 Å². The van der Waals surface area contributed by atoms with Crippen molar-refractivity contribution in [1.82, 2.24) is 10.5 Å². The smallest absolute Gasteiger partial charge is 0.267 e. The molecule has 0 aliphatic heterocycles. The summed E-state index contributed by atoms with van der Waals surface area (Å²) in [6.07, 6.45) is 5.08. The molecule has 0 aliphatic rings. The molecule has 28 heavy (non-hydrogen) atoms. The number of nitrogens with zero attached hydrogens (tertiary/aromatic N) is 1. The molecule has 0 aliphatic carbocycles. The van der Waals surface area contributed by atoms with E-state index >= 15 is 0 Å². The molecule has 0 saturated heterocycles. The van der Waals surface area contributed by atoms with Crippen LogP contribution < -0.4 is 10.8 Å². The van der Waals surface area contributed by atoms with Crippen LogP contribution in [-0.4, -0.2) is 16.1 Å². The van der Waals surface area contributed by atoms with Gasteiger partial charge in [-0.25, -0.2) is 10.5 Å². The van der Waals surface area contributed by atoms with Gasteiger partial charge in [-0.05, 0) is 41.3 Å². The van der Waals surface area contributed by atoms with Crippen molar-refractivity contribution in [3.8, 4) is 0 Å². The first-order valence-corrected chi connectivity index (χ1v) is 8.70. The van der Waals surface area contributed by atoms with Crippen LogP contribution in [0.25, 0.3) is 6.08 Å². The van der Waals surface area contributed by atoms with Crippen molar-refractivity contribution in [1.29, 1.82) is 0 Å². The summed E-state index contributed by atoms with van der Waals surface area (Å²) in [5, 5.41) is 12.2. The molecule has 3 aromatic rings. The van der Waals surface area contributed by atoms with E-state index in [9.17, 15) is 4.79 Å². The van der Waals surface area contributed by atoms with Crippen molar-refractivity contribution in [3.63, 3.8) is 0 Å². The summed E-state index contributed by atoms with van der Waals surface area (Å²) in [7, 11) is 0. The third-order valence-electron chi connectivity index (χ3n) is 3.91. The Bertz CT molecular complexity index is 963. The quantitative estimate of drug-likeness (QED) is 0.300. The average Bonchev–Trinajstić information content (AvgIpc) is 2.70. The summed E-state index contributed by atoms with van der Waals surface area (Å²) < 4.78 is 0. The van der Waals surface area contributed by atoms with E-state index < -0.39 is 5.91 Å². The van der Waals surface area contributed by atoms with Crippen LogP contribution >= 0.6 is 24.0 Å². The van der Waals surface area contributed by atoms with Gasteiger partial charge >= 0.3 is 0 Å². The van der Waals surface area contributed by atoms with E-state index in [-0.39, 0.29) is 12.4 Å². The lowest BCUT2D eigenvalue weighted by atomic mass is 10.0. The molecule has 144 valence electrons. The zero-order valence-electron chi connectivity index (χ0n) is 14.8. The molecule has 0 bridgehead atoms. The molecule has 5 nitrogen and oxygen atoms in total. The molecule has 0 fully saturated rings. The van der Waals surface area contributed by atoms with Crippen molar-refractivity contribution in [2.75, 3.05) is 5.32 Å². The van der Waals surface area contributed by atoms with E-state index in [0.29, 0.717) is 16.4 Å². The van der Waals surface area contributed by atoms with Crippen LogP contribution in [0, 0.1) is 0 Å². The number of nitrogens with one attached hydrogen (secondary N) is 2. The fourth-order valence-corrected chi connectivity index (χ4v) is 2.81. The van der Waals surface area contributed by atoms with Gasteiger partial charge in [0, 0.05) is 18.0 Å². The Labute approximate surface area is 174 Å². The molecule has 1 amide bonds. The van der Waals surface area contributed by atoms with Gasteiger partial charge in [-0.1, -0.05) is 60.1 Å². The van der Waals surface area contributed by atoms with E-state index in [0.717, 1.165) is 17.7 Å². The summed E-state index contributed by atoms with van der Waals surface area (Å²) in [5.74, 6) is -0.0934. The number of pyridine rings is 1. The maximum absolute atomic E-state index is 11.1. The van der Waals surface area contributed by atoms with Gasteiger partial charge < -0.3 is 5.32 Å². The number of carbonyl (C=O) groups excluding carboxylic acids is 1. The summed E-state index contributed by atoms with van der Waals surface area (Å²) in [6.45, 7) is 0. The van der Waals surface area contributed by atoms with Crippen LogP contribution in [0.5, 0.6) is 0 Å². The van der Waals surface area contributed by atoms with Gasteiger partial charge in [-0.2, -0.15) is 0 Å². The maximum atomic E-state index is 11.1. The Balaban J connectivity index is 0.00000280. The normalized spacial score (nSPS) is 10.4. The van der Waals surface area contributed by atoms with Crippen LogP contribution in [0.1, 0.15) is 16.7 Å². The third-order valence-corrected chi connectivity index (χ3v) is 4.20. The topological polar surface area (TPSA) is 74.2 Å². The number of carbonyl (C=O) groups is 1. The predicted molar refractivity (Wildman–Crippen MR) is 114 cm³/mol. The first kappa shape index (κ1) is 21.4. The fraction of sp³-hybridized carbons (Fsp3) is 0.0476. The number of hydroxylamine groups is 1. The highest BCUT2D eigenvalue weighted by Gasteiger charge is 2.08. The zero-order chi connectivity index (χ0) is 19.1. The molecule has 3 N–H and O–H groups in total. The second kappa shape index (κ2) is 10.5. The minimum atomic E-state index is -0.622. The Kier molecular flexibility index (Phi) is 8.02. The fourth-order valence-electron chi connectivity index (χ4n) is 2.58. The monoisotopic (exact) mass is 415 g/mol. The van der Waals surface area contributed by atoms with Crippen LogP contribution in [0.4, 0.5) is 11.5 Å². The lowest BCUT2D eigenvalue weighted by Gasteiger charge is -2.13. The second-order valence-corrected chi connectivity index (χ2v) is 6.26. The Hall–Kier alpha value is -2.86. The van der Waals surface area contributed by atoms with E-state index in [1.54, 1.807) is 12.3 Å². The molecule has 1 aromatic heterocycles. The molecule has 1 heterocycles. The lowest BCUT2D eigenvalue weighted by molar-refractivity contribution is -0.124. The summed E-state index contributed by atoms with van der Waals surface area (Å²) >= 11 is 6.33. The van der Waals surface area contributed by atoms with Crippen molar-refractivity contribution in [3.05, 3.63) is 94.6 Å². The van der Waals surface area contributed by atoms with Crippen LogP contribution in [0.15, 0.2) is 72.9 Å². The van der Waals surface area contributed by atoms with E-state index in [2.05, 4.69) is 28.5 Å². The lowest BCUT2D eigenvalue weighted by Crippen LogP contribution is -2.14. The molecule has 0 unspecified atom stereocenters. The molecule has 7 heteroatoms. The first-order chi connectivity index (χ1) is 13.2. The molecular weight excluding hydrogens is 397 g/mol. The van der Waals surface area contributed by atoms with Crippen LogP contribution in [0.2, 0.25) is 5.02 Å². The van der Waals surface area contributed by atoms with Gasteiger partial charge in [0.05, 0.1) is 5.02 Å². The molecule has 3 rings (SSSR count). The number of para-hydroxylation sites is 1. The number of benzene rings is 2. The highest BCUT2D eigenvalue weighted by Crippen LogP contribution is 2.27. The van der Waals surface area contributed by atoms with E-state index in [1.165, 1.54) is 23.2 Å². The van der Waals surface area contributed by atoms with Crippen LogP contribution in [-0.2, 0) is 11.2 Å². The number of aromatic nitrogens is 1. The predicted octanol–water partition coefficient (Wildman–Crippen LogP) is 5.01. The minimum absolute atomic E-state index is 0. The number of hydrogen-bond acceptors (Lipinski definition) is 4. The largest absolute Gasteiger partial charge is 0.339 e. The number of rotatable bonds is 6. The minimum Gasteiger partial charge on any atom is -0.339 e. The molecule has 0 radical (unpaired) electrons. The summed E-state index contributed by atoms with van der Waals surface area (Å²) in [4.78, 5) is 15.4. The van der Waals surface area contributed by atoms with Gasteiger partial charge in [0.15, 0.2) is 0 Å². The zero-order valence-corrected chi connectivity index (χ0v) is 16.4. The first-order valence-electron chi connectivity index (χ1n) is 8.32. The highest BCUT2D eigenvalue weighted by atomic mass is 35.5. The summed E-state index contributed by atoms with van der Waals surface area (Å²) in [6, 6.07) is 19.9. The van der Waals surface area contributed by atoms with Gasteiger partial charge in [-0.3, -0.25) is 10.0 Å². The standard InChI is InChI=1S/C21H18ClN3O2.ClH/c22-18-13-16(10-11-20(26)25-27)14-23-21(18)24-19-9-5-4-8-17(19)12-15-6-2-1-3-7-15;/h1-11,13-14,27H,12H2,(H,23,24)(H,25,26);1H. The molecular formula is C21H19Cl2N3O2. The van der Waals surface area contributed by atoms with E-state index in [1.807, 2.05) is 36.4 Å². The van der Waals surface area contributed by atoms with Crippen molar-refractivity contribution >= 4 is 47.5 Å². The molecule has 0 saturated carbocycles. The number of hydrogen-bond donors (Lipinski definition) is 3. The molecule has 2 aromatic carbocycles. The van der Waals surface area contributed by atoms with Gasteiger partial charge in [0.2, 0.25) is 0 Å². The van der Waals surface area contributed by atoms with Crippen molar-refractivity contribution in [2.24, 2.45) is 0 Å². The van der Waals surface area contributed by atoms with Gasteiger partial charge in [-0.15, -0.1) is 12.4 Å². The Morgan fingerprint density at radius 3 is 2.54 bits per heavy atom. The number of halogens is 2. The molecule has 0 atom stereocenters. The van der Waals surface area contributed by atoms with Gasteiger partial charge in [0.25, 0.3) is 5.91 Å². The number of amides is 1. The second-order valence-electron chi connectivity index (χ2n) is 5.85. The third kappa shape index (κ3) is 5.82. The van der Waals surface area contributed by atoms with Gasteiger partial charge in [0.1, 0.15) is 5.82 Å². The SMILES string of the molecule is Cl.O=C(C=Cc1cnc(Nc2ccccc2Cc2ccccc2)c(Cl)c1)NO. The summed E-state index contributed by atoms with van der Waals surface area (Å²) in [5.41, 5.74) is 5.45.